The Morgan fingerprint density at radius 1 is 1.20 bits per heavy atom. The number of hydrogen-bond donors (Lipinski definition) is 3. The topological polar surface area (TPSA) is 77.8 Å². The van der Waals surface area contributed by atoms with Crippen molar-refractivity contribution in [3.05, 3.63) is 5.56 Å². The van der Waals surface area contributed by atoms with Crippen LogP contribution in [0.25, 0.3) is 0 Å². The van der Waals surface area contributed by atoms with Crippen LogP contribution in [-0.4, -0.2) is 9.97 Å². The lowest BCUT2D eigenvalue weighted by Crippen LogP contribution is -2.02. The highest BCUT2D eigenvalue weighted by Gasteiger charge is 2.01. The molecule has 1 heterocycles. The van der Waals surface area contributed by atoms with Gasteiger partial charge in [-0.25, -0.2) is 9.97 Å². The van der Waals surface area contributed by atoms with Crippen LogP contribution in [0.3, 0.4) is 0 Å². The van der Waals surface area contributed by atoms with E-state index in [1.54, 1.807) is 6.92 Å². The van der Waals surface area contributed by atoms with E-state index in [1.807, 2.05) is 0 Å². The molecule has 0 saturated carbocycles. The molecule has 0 unspecified atom stereocenters. The zero-order chi connectivity index (χ0) is 7.72. The van der Waals surface area contributed by atoms with Gasteiger partial charge < -0.3 is 11.5 Å². The molecule has 0 aliphatic carbocycles. The highest BCUT2D eigenvalue weighted by atomic mass is 32.1. The summed E-state index contributed by atoms with van der Waals surface area (Å²) in [5.74, 6) is 0.773. The Balaban J connectivity index is 3.31. The molecular formula is C5H8N4S. The van der Waals surface area contributed by atoms with E-state index in [9.17, 15) is 0 Å². The summed E-state index contributed by atoms with van der Waals surface area (Å²) >= 11 is 3.89. The van der Waals surface area contributed by atoms with E-state index in [2.05, 4.69) is 22.6 Å². The quantitative estimate of drug-likeness (QED) is 0.371. The minimum absolute atomic E-state index is 0.306. The number of aromatic nitrogens is 2. The number of nitrogens with zero attached hydrogens (tertiary/aromatic N) is 2. The van der Waals surface area contributed by atoms with Crippen LogP contribution < -0.4 is 11.5 Å². The van der Waals surface area contributed by atoms with Crippen molar-refractivity contribution in [1.82, 2.24) is 9.97 Å². The van der Waals surface area contributed by atoms with Crippen LogP contribution in [0.15, 0.2) is 5.16 Å². The second-order valence-electron chi connectivity index (χ2n) is 1.92. The SMILES string of the molecule is Cc1c(N)nc(S)nc1N. The Kier molecular flexibility index (Phi) is 1.67. The van der Waals surface area contributed by atoms with Crippen LogP contribution in [0.1, 0.15) is 5.56 Å². The summed E-state index contributed by atoms with van der Waals surface area (Å²) in [4.78, 5) is 7.57. The van der Waals surface area contributed by atoms with Gasteiger partial charge in [0, 0.05) is 5.56 Å². The minimum Gasteiger partial charge on any atom is -0.383 e. The summed E-state index contributed by atoms with van der Waals surface area (Å²) < 4.78 is 0. The van der Waals surface area contributed by atoms with Gasteiger partial charge in [-0.3, -0.25) is 0 Å². The highest BCUT2D eigenvalue weighted by molar-refractivity contribution is 7.80. The van der Waals surface area contributed by atoms with E-state index in [4.69, 9.17) is 11.5 Å². The summed E-state index contributed by atoms with van der Waals surface area (Å²) in [7, 11) is 0. The molecule has 0 aliphatic rings. The molecule has 0 amide bonds. The normalized spacial score (nSPS) is 9.80. The van der Waals surface area contributed by atoms with Gasteiger partial charge in [0.1, 0.15) is 11.6 Å². The first-order valence-electron chi connectivity index (χ1n) is 2.70. The first-order valence-corrected chi connectivity index (χ1v) is 3.14. The number of anilines is 2. The van der Waals surface area contributed by atoms with Crippen molar-refractivity contribution in [2.45, 2.75) is 12.1 Å². The summed E-state index contributed by atoms with van der Waals surface area (Å²) in [6, 6.07) is 0. The Labute approximate surface area is 64.1 Å². The molecule has 1 rings (SSSR count). The average molecular weight is 156 g/mol. The molecular weight excluding hydrogens is 148 g/mol. The molecule has 0 radical (unpaired) electrons. The smallest absolute Gasteiger partial charge is 0.188 e. The van der Waals surface area contributed by atoms with E-state index >= 15 is 0 Å². The van der Waals surface area contributed by atoms with E-state index in [1.165, 1.54) is 0 Å². The lowest BCUT2D eigenvalue weighted by atomic mass is 10.3. The van der Waals surface area contributed by atoms with Crippen molar-refractivity contribution in [2.24, 2.45) is 0 Å². The second-order valence-corrected chi connectivity index (χ2v) is 2.32. The van der Waals surface area contributed by atoms with Gasteiger partial charge in [-0.05, 0) is 6.92 Å². The standard InChI is InChI=1S/C5H8N4S/c1-2-3(6)8-5(10)9-4(2)7/h1H3,(H5,6,7,8,9,10). The largest absolute Gasteiger partial charge is 0.383 e. The maximum absolute atomic E-state index is 5.44. The predicted molar refractivity (Wildman–Crippen MR) is 42.8 cm³/mol. The molecule has 10 heavy (non-hydrogen) atoms. The summed E-state index contributed by atoms with van der Waals surface area (Å²) in [5, 5.41) is 0.306. The van der Waals surface area contributed by atoms with E-state index < -0.39 is 0 Å². The summed E-state index contributed by atoms with van der Waals surface area (Å²) in [6.45, 7) is 1.76. The van der Waals surface area contributed by atoms with Crippen LogP contribution in [0.5, 0.6) is 0 Å². The number of rotatable bonds is 0. The summed E-state index contributed by atoms with van der Waals surface area (Å²) in [5.41, 5.74) is 11.6. The Hall–Kier alpha value is -0.970. The minimum atomic E-state index is 0.306. The maximum Gasteiger partial charge on any atom is 0.188 e. The molecule has 0 atom stereocenters. The number of nitrogens with two attached hydrogens (primary N) is 2. The van der Waals surface area contributed by atoms with Crippen LogP contribution in [0, 0.1) is 6.92 Å². The van der Waals surface area contributed by atoms with Crippen molar-refractivity contribution >= 4 is 24.3 Å². The van der Waals surface area contributed by atoms with Gasteiger partial charge in [0.15, 0.2) is 5.16 Å². The predicted octanol–water partition coefficient (Wildman–Crippen LogP) is 0.238. The number of hydrogen-bond acceptors (Lipinski definition) is 5. The Morgan fingerprint density at radius 2 is 1.60 bits per heavy atom. The molecule has 4 N–H and O–H groups in total. The molecule has 5 heteroatoms. The molecule has 0 fully saturated rings. The molecule has 0 aromatic carbocycles. The molecule has 54 valence electrons. The first-order chi connectivity index (χ1) is 4.61. The lowest BCUT2D eigenvalue weighted by molar-refractivity contribution is 0.977. The third-order valence-electron chi connectivity index (χ3n) is 1.21. The van der Waals surface area contributed by atoms with Crippen molar-refractivity contribution < 1.29 is 0 Å². The fraction of sp³-hybridized carbons (Fsp3) is 0.200. The van der Waals surface area contributed by atoms with Gasteiger partial charge in [-0.2, -0.15) is 0 Å². The number of thiol groups is 1. The molecule has 0 saturated heterocycles. The van der Waals surface area contributed by atoms with Crippen LogP contribution in [-0.2, 0) is 0 Å². The van der Waals surface area contributed by atoms with E-state index in [0.717, 1.165) is 0 Å². The highest BCUT2D eigenvalue weighted by Crippen LogP contribution is 2.14. The molecule has 4 nitrogen and oxygen atoms in total. The van der Waals surface area contributed by atoms with Gasteiger partial charge in [-0.15, -0.1) is 12.6 Å². The first kappa shape index (κ1) is 7.14. The van der Waals surface area contributed by atoms with Crippen molar-refractivity contribution in [3.63, 3.8) is 0 Å². The monoisotopic (exact) mass is 156 g/mol. The van der Waals surface area contributed by atoms with Crippen molar-refractivity contribution in [3.8, 4) is 0 Å². The molecule has 0 bridgehead atoms. The zero-order valence-electron chi connectivity index (χ0n) is 5.50. The van der Waals surface area contributed by atoms with Gasteiger partial charge >= 0.3 is 0 Å². The van der Waals surface area contributed by atoms with E-state index in [0.29, 0.717) is 22.4 Å². The van der Waals surface area contributed by atoms with Gasteiger partial charge in [0.25, 0.3) is 0 Å². The zero-order valence-corrected chi connectivity index (χ0v) is 6.39. The average Bonchev–Trinajstić information content (AvgIpc) is 1.82. The molecule has 1 aromatic rings. The third kappa shape index (κ3) is 1.13. The molecule has 1 aromatic heterocycles. The van der Waals surface area contributed by atoms with Crippen molar-refractivity contribution in [1.29, 1.82) is 0 Å². The van der Waals surface area contributed by atoms with Crippen LogP contribution >= 0.6 is 12.6 Å². The van der Waals surface area contributed by atoms with E-state index in [-0.39, 0.29) is 0 Å². The third-order valence-corrected chi connectivity index (χ3v) is 1.41. The summed E-state index contributed by atoms with van der Waals surface area (Å²) in [6.07, 6.45) is 0. The number of nitrogen functional groups attached to an aromatic ring is 2. The Bertz CT molecular complexity index is 237. The maximum atomic E-state index is 5.44. The Morgan fingerprint density at radius 3 is 2.00 bits per heavy atom. The van der Waals surface area contributed by atoms with Crippen LogP contribution in [0.4, 0.5) is 11.6 Å². The second kappa shape index (κ2) is 2.34. The van der Waals surface area contributed by atoms with Crippen LogP contribution in [0.2, 0.25) is 0 Å². The van der Waals surface area contributed by atoms with Gasteiger partial charge in [-0.1, -0.05) is 0 Å². The van der Waals surface area contributed by atoms with Gasteiger partial charge in [0.05, 0.1) is 0 Å². The fourth-order valence-electron chi connectivity index (χ4n) is 0.539. The lowest BCUT2D eigenvalue weighted by Gasteiger charge is -2.01. The fourth-order valence-corrected chi connectivity index (χ4v) is 0.755. The van der Waals surface area contributed by atoms with Gasteiger partial charge in [0.2, 0.25) is 0 Å². The molecule has 0 aliphatic heterocycles. The van der Waals surface area contributed by atoms with Crippen molar-refractivity contribution in [2.75, 3.05) is 11.5 Å². The molecule has 0 spiro atoms.